The van der Waals surface area contributed by atoms with Crippen LogP contribution in [0.25, 0.3) is 0 Å². The number of para-hydroxylation sites is 2. The second kappa shape index (κ2) is 17.5. The van der Waals surface area contributed by atoms with Gasteiger partial charge >= 0.3 is 5.97 Å². The molecule has 4 nitrogen and oxygen atoms in total. The maximum Gasteiger partial charge on any atom is 0.315 e. The zero-order valence-corrected chi connectivity index (χ0v) is 33.7. The van der Waals surface area contributed by atoms with Crippen LogP contribution in [0.4, 0.5) is 0 Å². The Kier molecular flexibility index (Phi) is 11.8. The highest BCUT2D eigenvalue weighted by molar-refractivity contribution is 5.83. The lowest BCUT2D eigenvalue weighted by molar-refractivity contribution is -0.137. The maximum atomic E-state index is 13.4. The average Bonchev–Trinajstić information content (AvgIpc) is 3.28. The first-order chi connectivity index (χ1) is 28.3. The van der Waals surface area contributed by atoms with Crippen molar-refractivity contribution in [2.24, 2.45) is 11.8 Å². The monoisotopic (exact) mass is 768 g/mol. The lowest BCUT2D eigenvalue weighted by atomic mass is 9.65. The molecule has 3 N–H and O–H groups in total. The number of aromatic hydroxyl groups is 2. The summed E-state index contributed by atoms with van der Waals surface area (Å²) in [5, 5.41) is 35.5. The molecule has 0 aliphatic heterocycles. The number of benzene rings is 6. The van der Waals surface area contributed by atoms with Crippen LogP contribution < -0.4 is 0 Å². The van der Waals surface area contributed by atoms with Gasteiger partial charge in [0.2, 0.25) is 0 Å². The van der Waals surface area contributed by atoms with Crippen molar-refractivity contribution in [3.05, 3.63) is 202 Å². The van der Waals surface area contributed by atoms with Crippen LogP contribution in [0.1, 0.15) is 138 Å². The molecule has 2 saturated carbocycles. The molecule has 2 fully saturated rings. The van der Waals surface area contributed by atoms with Gasteiger partial charge in [0.25, 0.3) is 0 Å². The highest BCUT2D eigenvalue weighted by Crippen LogP contribution is 2.53. The third-order valence-electron chi connectivity index (χ3n) is 14.0. The fourth-order valence-corrected chi connectivity index (χ4v) is 10.8. The fraction of sp³-hybridized carbons (Fsp3) is 0.315. The SMILES string of the molecule is CC(c1ccccc1)C1CC(c2ccccc2)CC(c2cccc(C(C(=O)O)c3cccc(C4CC(c5ccccc5)CC(C(C)c5ccccc5)C4)c3O)c2O)C1. The number of carboxylic acids is 1. The summed E-state index contributed by atoms with van der Waals surface area (Å²) in [6.07, 6.45) is 5.61. The molecule has 0 amide bonds. The molecule has 8 unspecified atom stereocenters. The summed E-state index contributed by atoms with van der Waals surface area (Å²) >= 11 is 0. The number of hydrogen-bond acceptors (Lipinski definition) is 3. The topological polar surface area (TPSA) is 77.8 Å². The van der Waals surface area contributed by atoms with Crippen LogP contribution in [-0.2, 0) is 4.79 Å². The average molecular weight is 769 g/mol. The van der Waals surface area contributed by atoms with Gasteiger partial charge in [0.05, 0.1) is 0 Å². The van der Waals surface area contributed by atoms with E-state index in [4.69, 9.17) is 0 Å². The van der Waals surface area contributed by atoms with E-state index >= 15 is 0 Å². The second-order valence-electron chi connectivity index (χ2n) is 17.3. The third-order valence-corrected chi connectivity index (χ3v) is 14.0. The third kappa shape index (κ3) is 8.21. The van der Waals surface area contributed by atoms with Crippen molar-refractivity contribution in [2.45, 2.75) is 93.8 Å². The molecule has 2 aliphatic rings. The molecule has 6 aromatic carbocycles. The van der Waals surface area contributed by atoms with Gasteiger partial charge in [0, 0.05) is 11.1 Å². The van der Waals surface area contributed by atoms with E-state index in [1.165, 1.54) is 22.3 Å². The summed E-state index contributed by atoms with van der Waals surface area (Å²) in [5.74, 6) is -0.211. The number of phenolic OH excluding ortho intramolecular Hbond substituents is 2. The highest BCUT2D eigenvalue weighted by atomic mass is 16.4. The van der Waals surface area contributed by atoms with Crippen molar-refractivity contribution in [1.29, 1.82) is 0 Å². The molecule has 0 aromatic heterocycles. The molecule has 6 aromatic rings. The first kappa shape index (κ1) is 39.2. The fourth-order valence-electron chi connectivity index (χ4n) is 10.8. The molecule has 0 spiro atoms. The number of hydrogen-bond donors (Lipinski definition) is 3. The number of phenols is 2. The second-order valence-corrected chi connectivity index (χ2v) is 17.3. The molecule has 296 valence electrons. The van der Waals surface area contributed by atoms with Gasteiger partial charge in [0.15, 0.2) is 0 Å². The van der Waals surface area contributed by atoms with Gasteiger partial charge in [-0.05, 0) is 119 Å². The largest absolute Gasteiger partial charge is 0.507 e. The molecule has 8 rings (SSSR count). The highest BCUT2D eigenvalue weighted by Gasteiger charge is 2.39. The quantitative estimate of drug-likeness (QED) is 0.123. The normalized spacial score (nSPS) is 23.7. The van der Waals surface area contributed by atoms with Gasteiger partial charge in [-0.15, -0.1) is 0 Å². The molecule has 0 saturated heterocycles. The van der Waals surface area contributed by atoms with E-state index in [1.807, 2.05) is 24.3 Å². The Morgan fingerprint density at radius 1 is 0.448 bits per heavy atom. The van der Waals surface area contributed by atoms with Crippen LogP contribution in [0.15, 0.2) is 158 Å². The summed E-state index contributed by atoms with van der Waals surface area (Å²) < 4.78 is 0. The summed E-state index contributed by atoms with van der Waals surface area (Å²) in [6.45, 7) is 4.63. The minimum atomic E-state index is -1.24. The van der Waals surface area contributed by atoms with Gasteiger partial charge in [-0.2, -0.15) is 0 Å². The molecular formula is C54H56O4. The van der Waals surface area contributed by atoms with E-state index in [0.29, 0.717) is 46.6 Å². The van der Waals surface area contributed by atoms with Crippen LogP contribution in [0.2, 0.25) is 0 Å². The maximum absolute atomic E-state index is 13.4. The number of rotatable bonds is 11. The van der Waals surface area contributed by atoms with Gasteiger partial charge in [-0.3, -0.25) is 4.79 Å². The smallest absolute Gasteiger partial charge is 0.315 e. The minimum Gasteiger partial charge on any atom is -0.507 e. The standard InChI is InChI=1S/C54H56O4/c1-35(37-17-7-3-8-18-37)41-29-43(39-21-11-5-12-22-39)33-45(31-41)47-25-15-27-49(52(47)55)51(54(57)58)50-28-16-26-48(53(50)56)46-32-42(36(2)38-19-9-4-10-20-38)30-44(34-46)40-23-13-6-14-24-40/h3-28,35-36,41-46,51,55-56H,29-34H2,1-2H3,(H,57,58). The Morgan fingerprint density at radius 3 is 1.16 bits per heavy atom. The van der Waals surface area contributed by atoms with Gasteiger partial charge in [0.1, 0.15) is 17.4 Å². The first-order valence-corrected chi connectivity index (χ1v) is 21.3. The van der Waals surface area contributed by atoms with E-state index in [2.05, 4.69) is 135 Å². The Bertz CT molecular complexity index is 2110. The van der Waals surface area contributed by atoms with Crippen molar-refractivity contribution in [1.82, 2.24) is 0 Å². The van der Waals surface area contributed by atoms with E-state index in [0.717, 1.165) is 49.7 Å². The van der Waals surface area contributed by atoms with Crippen molar-refractivity contribution < 1.29 is 20.1 Å². The van der Waals surface area contributed by atoms with Crippen LogP contribution in [0, 0.1) is 11.8 Å². The van der Waals surface area contributed by atoms with Crippen LogP contribution in [0.5, 0.6) is 11.5 Å². The Balaban J connectivity index is 1.13. The summed E-state index contributed by atoms with van der Waals surface area (Å²) in [7, 11) is 0. The van der Waals surface area contributed by atoms with Crippen LogP contribution in [-0.4, -0.2) is 21.3 Å². The summed E-state index contributed by atoms with van der Waals surface area (Å²) in [4.78, 5) is 13.4. The van der Waals surface area contributed by atoms with Crippen molar-refractivity contribution in [3.63, 3.8) is 0 Å². The van der Waals surface area contributed by atoms with E-state index < -0.39 is 11.9 Å². The van der Waals surface area contributed by atoms with E-state index in [9.17, 15) is 20.1 Å². The molecule has 0 radical (unpaired) electrons. The van der Waals surface area contributed by atoms with Crippen molar-refractivity contribution >= 4 is 5.97 Å². The van der Waals surface area contributed by atoms with Crippen LogP contribution in [0.3, 0.4) is 0 Å². The number of aliphatic carboxylic acids is 1. The Morgan fingerprint density at radius 2 is 0.793 bits per heavy atom. The molecule has 8 atom stereocenters. The van der Waals surface area contributed by atoms with Crippen molar-refractivity contribution in [2.75, 3.05) is 0 Å². The van der Waals surface area contributed by atoms with Gasteiger partial charge in [-0.25, -0.2) is 0 Å². The Labute approximate surface area is 344 Å². The summed E-state index contributed by atoms with van der Waals surface area (Å²) in [6, 6.07) is 53.9. The van der Waals surface area contributed by atoms with Crippen molar-refractivity contribution in [3.8, 4) is 11.5 Å². The van der Waals surface area contributed by atoms with E-state index in [1.54, 1.807) is 12.1 Å². The lowest BCUT2D eigenvalue weighted by Crippen LogP contribution is -2.25. The molecule has 2 aliphatic carbocycles. The lowest BCUT2D eigenvalue weighted by Gasteiger charge is -2.39. The molecule has 0 bridgehead atoms. The number of carboxylic acid groups (broad SMARTS) is 1. The summed E-state index contributed by atoms with van der Waals surface area (Å²) in [5.41, 5.74) is 7.47. The predicted molar refractivity (Wildman–Crippen MR) is 234 cm³/mol. The first-order valence-electron chi connectivity index (χ1n) is 21.3. The Hall–Kier alpha value is -5.61. The zero-order valence-electron chi connectivity index (χ0n) is 33.7. The van der Waals surface area contributed by atoms with E-state index in [-0.39, 0.29) is 23.3 Å². The minimum absolute atomic E-state index is 0.0306. The predicted octanol–water partition coefficient (Wildman–Crippen LogP) is 13.3. The van der Waals surface area contributed by atoms with Gasteiger partial charge < -0.3 is 15.3 Å². The van der Waals surface area contributed by atoms with Gasteiger partial charge in [-0.1, -0.05) is 172 Å². The molecular weight excluding hydrogens is 713 g/mol. The van der Waals surface area contributed by atoms with Crippen LogP contribution >= 0.6 is 0 Å². The molecule has 58 heavy (non-hydrogen) atoms. The number of carbonyl (C=O) groups is 1. The molecule has 0 heterocycles. The zero-order chi connectivity index (χ0) is 40.2. The molecule has 4 heteroatoms.